The van der Waals surface area contributed by atoms with Crippen LogP contribution in [0.3, 0.4) is 0 Å². The van der Waals surface area contributed by atoms with Gasteiger partial charge in [-0.15, -0.1) is 9.78 Å². The van der Waals surface area contributed by atoms with Crippen molar-refractivity contribution in [2.24, 2.45) is 5.92 Å². The third-order valence-electron chi connectivity index (χ3n) is 4.26. The summed E-state index contributed by atoms with van der Waals surface area (Å²) in [6.45, 7) is 9.54. The van der Waals surface area contributed by atoms with Gasteiger partial charge in [-0.1, -0.05) is 57.9 Å². The van der Waals surface area contributed by atoms with Gasteiger partial charge < -0.3 is 0 Å². The fourth-order valence-corrected chi connectivity index (χ4v) is 2.62. The summed E-state index contributed by atoms with van der Waals surface area (Å²) in [4.78, 5) is 43.8. The Morgan fingerprint density at radius 1 is 0.733 bits per heavy atom. The van der Waals surface area contributed by atoms with Gasteiger partial charge in [-0.3, -0.25) is 9.78 Å². The summed E-state index contributed by atoms with van der Waals surface area (Å²) in [5, 5.41) is 0. The molecule has 0 aliphatic heterocycles. The fraction of sp³-hybridized carbons (Fsp3) is 0.333. The lowest BCUT2D eigenvalue weighted by Gasteiger charge is -2.16. The molecular formula is C24H28O6. The van der Waals surface area contributed by atoms with Crippen LogP contribution in [0, 0.1) is 19.1 Å². The van der Waals surface area contributed by atoms with Crippen LogP contribution in [-0.4, -0.2) is 11.9 Å². The normalized spacial score (nSPS) is 11.0. The van der Waals surface area contributed by atoms with Crippen molar-refractivity contribution in [2.45, 2.75) is 46.5 Å². The van der Waals surface area contributed by atoms with Gasteiger partial charge in [0.15, 0.2) is 0 Å². The Balaban J connectivity index is 1.86. The van der Waals surface area contributed by atoms with Crippen molar-refractivity contribution in [1.82, 2.24) is 0 Å². The monoisotopic (exact) mass is 412 g/mol. The molecule has 0 N–H and O–H groups in total. The van der Waals surface area contributed by atoms with E-state index in [9.17, 15) is 9.59 Å². The van der Waals surface area contributed by atoms with Crippen molar-refractivity contribution in [3.05, 3.63) is 84.0 Å². The van der Waals surface area contributed by atoms with Crippen molar-refractivity contribution in [1.29, 1.82) is 0 Å². The van der Waals surface area contributed by atoms with Gasteiger partial charge in [0, 0.05) is 5.92 Å². The zero-order valence-electron chi connectivity index (χ0n) is 17.7. The molecular weight excluding hydrogens is 384 g/mol. The summed E-state index contributed by atoms with van der Waals surface area (Å²) in [5.74, 6) is -1.96. The molecule has 0 spiro atoms. The van der Waals surface area contributed by atoms with E-state index in [1.807, 2.05) is 24.3 Å². The van der Waals surface area contributed by atoms with Gasteiger partial charge in [-0.05, 0) is 55.2 Å². The first kappa shape index (κ1) is 23.6. The SMILES string of the molecule is [CH2]C(C)[C](OOC(=O)c1ccc(CCC)cc1)OOC(=O)c1ccc(CCC)cc1. The van der Waals surface area contributed by atoms with Crippen LogP contribution in [0.5, 0.6) is 0 Å². The van der Waals surface area contributed by atoms with Gasteiger partial charge in [0.25, 0.3) is 0 Å². The maximum absolute atomic E-state index is 12.1. The van der Waals surface area contributed by atoms with Crippen LogP contribution >= 0.6 is 0 Å². The zero-order chi connectivity index (χ0) is 21.9. The number of aryl methyl sites for hydroxylation is 2. The molecule has 0 amide bonds. The van der Waals surface area contributed by atoms with Crippen molar-refractivity contribution >= 4 is 11.9 Å². The molecule has 6 heteroatoms. The minimum Gasteiger partial charge on any atom is -0.289 e. The molecule has 160 valence electrons. The predicted molar refractivity (Wildman–Crippen MR) is 112 cm³/mol. The maximum atomic E-state index is 12.1. The van der Waals surface area contributed by atoms with Crippen LogP contribution in [0.2, 0.25) is 0 Å². The quantitative estimate of drug-likeness (QED) is 0.362. The first-order valence-corrected chi connectivity index (χ1v) is 10.1. The third kappa shape index (κ3) is 7.28. The van der Waals surface area contributed by atoms with Gasteiger partial charge in [-0.2, -0.15) is 0 Å². The van der Waals surface area contributed by atoms with Crippen LogP contribution in [0.15, 0.2) is 48.5 Å². The average molecular weight is 412 g/mol. The number of carbonyl (C=O) groups excluding carboxylic acids is 2. The van der Waals surface area contributed by atoms with Crippen molar-refractivity contribution in [2.75, 3.05) is 0 Å². The summed E-state index contributed by atoms with van der Waals surface area (Å²) >= 11 is 0. The lowest BCUT2D eigenvalue weighted by atomic mass is 10.1. The number of benzene rings is 2. The molecule has 1 atom stereocenters. The minimum absolute atomic E-state index is 0.248. The molecule has 0 saturated carbocycles. The van der Waals surface area contributed by atoms with Crippen LogP contribution in [0.25, 0.3) is 0 Å². The Morgan fingerprint density at radius 2 is 1.10 bits per heavy atom. The molecule has 0 fully saturated rings. The second-order valence-corrected chi connectivity index (χ2v) is 7.02. The lowest BCUT2D eigenvalue weighted by Crippen LogP contribution is -2.20. The van der Waals surface area contributed by atoms with Gasteiger partial charge in [0.2, 0.25) is 0 Å². The van der Waals surface area contributed by atoms with E-state index in [1.54, 1.807) is 31.2 Å². The molecule has 6 nitrogen and oxygen atoms in total. The smallest absolute Gasteiger partial charge is 0.289 e. The largest absolute Gasteiger partial charge is 0.373 e. The molecule has 2 aromatic carbocycles. The Hall–Kier alpha value is -2.70. The summed E-state index contributed by atoms with van der Waals surface area (Å²) < 4.78 is 0. The molecule has 0 aliphatic rings. The van der Waals surface area contributed by atoms with E-state index >= 15 is 0 Å². The summed E-state index contributed by atoms with van der Waals surface area (Å²) in [5.41, 5.74) is 2.92. The highest BCUT2D eigenvalue weighted by Gasteiger charge is 2.25. The number of carbonyl (C=O) groups is 2. The van der Waals surface area contributed by atoms with E-state index in [4.69, 9.17) is 19.6 Å². The highest BCUT2D eigenvalue weighted by molar-refractivity contribution is 5.89. The Kier molecular flexibility index (Phi) is 9.51. The molecule has 0 heterocycles. The van der Waals surface area contributed by atoms with Crippen LogP contribution < -0.4 is 0 Å². The number of hydrogen-bond donors (Lipinski definition) is 0. The summed E-state index contributed by atoms with van der Waals surface area (Å²) in [6.07, 6.45) is 3.66. The number of hydrogen-bond acceptors (Lipinski definition) is 6. The lowest BCUT2D eigenvalue weighted by molar-refractivity contribution is -0.369. The van der Waals surface area contributed by atoms with Gasteiger partial charge in [0.1, 0.15) is 0 Å². The van der Waals surface area contributed by atoms with E-state index in [0.29, 0.717) is 11.1 Å². The van der Waals surface area contributed by atoms with Crippen molar-refractivity contribution < 1.29 is 29.1 Å². The van der Waals surface area contributed by atoms with Crippen LogP contribution in [0.1, 0.15) is 65.5 Å². The second kappa shape index (κ2) is 12.1. The molecule has 0 bridgehead atoms. The van der Waals surface area contributed by atoms with E-state index in [-0.39, 0.29) is 6.29 Å². The van der Waals surface area contributed by atoms with Crippen LogP contribution in [0.4, 0.5) is 0 Å². The number of rotatable bonds is 11. The van der Waals surface area contributed by atoms with Gasteiger partial charge in [0.05, 0.1) is 11.1 Å². The highest BCUT2D eigenvalue weighted by Crippen LogP contribution is 2.19. The molecule has 30 heavy (non-hydrogen) atoms. The second-order valence-electron chi connectivity index (χ2n) is 7.02. The standard InChI is InChI=1S/C24H28O6/c1-5-7-18-9-13-20(14-10-18)22(25)27-29-24(17(3)4)30-28-23(26)21-15-11-19(8-6-2)12-16-21/h9-17H,3,5-8H2,1-2,4H3. The Bertz CT molecular complexity index is 730. The van der Waals surface area contributed by atoms with Crippen molar-refractivity contribution in [3.8, 4) is 0 Å². The molecule has 2 rings (SSSR count). The predicted octanol–water partition coefficient (Wildman–Crippen LogP) is 5.43. The average Bonchev–Trinajstić information content (AvgIpc) is 2.74. The van der Waals surface area contributed by atoms with E-state index in [0.717, 1.165) is 36.8 Å². The van der Waals surface area contributed by atoms with E-state index in [1.165, 1.54) is 0 Å². The first-order chi connectivity index (χ1) is 14.4. The maximum Gasteiger partial charge on any atom is 0.373 e. The third-order valence-corrected chi connectivity index (χ3v) is 4.26. The van der Waals surface area contributed by atoms with Gasteiger partial charge in [-0.25, -0.2) is 9.59 Å². The fourth-order valence-electron chi connectivity index (χ4n) is 2.62. The molecule has 2 aromatic rings. The minimum atomic E-state index is -0.697. The molecule has 2 radical (unpaired) electrons. The Labute approximate surface area is 178 Å². The van der Waals surface area contributed by atoms with Crippen LogP contribution in [-0.2, 0) is 32.4 Å². The molecule has 0 saturated heterocycles. The van der Waals surface area contributed by atoms with Gasteiger partial charge >= 0.3 is 18.2 Å². The highest BCUT2D eigenvalue weighted by atomic mass is 17.3. The Morgan fingerprint density at radius 3 is 1.40 bits per heavy atom. The molecule has 0 aromatic heterocycles. The topological polar surface area (TPSA) is 71.1 Å². The van der Waals surface area contributed by atoms with Crippen molar-refractivity contribution in [3.63, 3.8) is 0 Å². The molecule has 0 aliphatic carbocycles. The van der Waals surface area contributed by atoms with E-state index < -0.39 is 17.9 Å². The zero-order valence-corrected chi connectivity index (χ0v) is 17.7. The molecule has 1 unspecified atom stereocenters. The first-order valence-electron chi connectivity index (χ1n) is 10.1. The summed E-state index contributed by atoms with van der Waals surface area (Å²) in [6, 6.07) is 14.1. The van der Waals surface area contributed by atoms with E-state index in [2.05, 4.69) is 20.8 Å². The summed E-state index contributed by atoms with van der Waals surface area (Å²) in [7, 11) is 0.